The zero-order chi connectivity index (χ0) is 21.2. The molecule has 152 valence electrons. The van der Waals surface area contributed by atoms with Gasteiger partial charge in [0.15, 0.2) is 5.78 Å². The number of carbonyl (C=O) groups excluding carboxylic acids is 1. The van der Waals surface area contributed by atoms with Crippen LogP contribution in [0.15, 0.2) is 36.5 Å². The van der Waals surface area contributed by atoms with Crippen LogP contribution < -0.4 is 0 Å². The molecule has 1 aromatic carbocycles. The summed E-state index contributed by atoms with van der Waals surface area (Å²) < 4.78 is 28.7. The summed E-state index contributed by atoms with van der Waals surface area (Å²) in [4.78, 5) is 17.1. The number of aromatic nitrogens is 5. The molecule has 0 bridgehead atoms. The molecule has 1 atom stereocenters. The second-order valence-electron chi connectivity index (χ2n) is 7.21. The van der Waals surface area contributed by atoms with E-state index in [2.05, 4.69) is 20.5 Å². The van der Waals surface area contributed by atoms with Crippen LogP contribution in [0.3, 0.4) is 0 Å². The Balaban J connectivity index is 2.14. The molecule has 0 aliphatic carbocycles. The highest BCUT2D eigenvalue weighted by molar-refractivity contribution is 5.98. The molecular weight excluding hydrogens is 380 g/mol. The van der Waals surface area contributed by atoms with Gasteiger partial charge in [0.2, 0.25) is 5.82 Å². The van der Waals surface area contributed by atoms with Crippen molar-refractivity contribution < 1.29 is 18.7 Å². The van der Waals surface area contributed by atoms with Crippen LogP contribution in [-0.2, 0) is 5.92 Å². The minimum atomic E-state index is -3.27. The first-order valence-corrected chi connectivity index (χ1v) is 9.08. The topological polar surface area (TPSA) is 93.8 Å². The van der Waals surface area contributed by atoms with Crippen molar-refractivity contribution in [2.45, 2.75) is 33.1 Å². The van der Waals surface area contributed by atoms with Gasteiger partial charge in [-0.1, -0.05) is 13.0 Å². The Morgan fingerprint density at radius 2 is 2.03 bits per heavy atom. The zero-order valence-electron chi connectivity index (χ0n) is 16.3. The van der Waals surface area contributed by atoms with E-state index in [1.165, 1.54) is 6.07 Å². The minimum Gasteiger partial charge on any atom is -0.396 e. The van der Waals surface area contributed by atoms with E-state index in [-0.39, 0.29) is 30.4 Å². The first-order chi connectivity index (χ1) is 13.7. The molecule has 1 N–H and O–H groups in total. The van der Waals surface area contributed by atoms with Crippen molar-refractivity contribution in [3.8, 4) is 16.9 Å². The average Bonchev–Trinajstić information content (AvgIpc) is 3.18. The van der Waals surface area contributed by atoms with E-state index >= 15 is 0 Å². The van der Waals surface area contributed by atoms with Crippen molar-refractivity contribution in [2.24, 2.45) is 5.92 Å². The van der Waals surface area contributed by atoms with Gasteiger partial charge in [0.05, 0.1) is 11.4 Å². The Hall–Kier alpha value is -3.07. The van der Waals surface area contributed by atoms with Gasteiger partial charge in [0, 0.05) is 37.3 Å². The van der Waals surface area contributed by atoms with Crippen LogP contribution in [0.5, 0.6) is 0 Å². The van der Waals surface area contributed by atoms with Crippen LogP contribution in [0.1, 0.15) is 42.0 Å². The number of rotatable bonds is 7. The molecule has 29 heavy (non-hydrogen) atoms. The van der Waals surface area contributed by atoms with Crippen LogP contribution in [0, 0.1) is 12.8 Å². The SMILES string of the molecule is Cc1ccc(-c2cc(C(=O)C[C@@H](C)CO)cc(-n3nnnc3C(C)(F)F)c2)nc1. The number of carbonyl (C=O) groups is 1. The highest BCUT2D eigenvalue weighted by Gasteiger charge is 2.32. The van der Waals surface area contributed by atoms with Gasteiger partial charge in [-0.3, -0.25) is 9.78 Å². The predicted molar refractivity (Wildman–Crippen MR) is 102 cm³/mol. The van der Waals surface area contributed by atoms with E-state index in [4.69, 9.17) is 0 Å². The lowest BCUT2D eigenvalue weighted by molar-refractivity contribution is 0.00527. The summed E-state index contributed by atoms with van der Waals surface area (Å²) >= 11 is 0. The number of nitrogens with zero attached hydrogens (tertiary/aromatic N) is 5. The molecule has 0 radical (unpaired) electrons. The Morgan fingerprint density at radius 3 is 2.66 bits per heavy atom. The summed E-state index contributed by atoms with van der Waals surface area (Å²) in [6.45, 7) is 4.23. The number of aliphatic hydroxyl groups is 1. The maximum Gasteiger partial charge on any atom is 0.305 e. The summed E-state index contributed by atoms with van der Waals surface area (Å²) in [5, 5.41) is 19.7. The number of tetrazole rings is 1. The smallest absolute Gasteiger partial charge is 0.305 e. The van der Waals surface area contributed by atoms with Gasteiger partial charge in [0.1, 0.15) is 0 Å². The van der Waals surface area contributed by atoms with E-state index in [0.717, 1.165) is 10.2 Å². The Bertz CT molecular complexity index is 1010. The van der Waals surface area contributed by atoms with Gasteiger partial charge in [-0.15, -0.1) is 5.10 Å². The van der Waals surface area contributed by atoms with Crippen molar-refractivity contribution >= 4 is 5.78 Å². The monoisotopic (exact) mass is 401 g/mol. The molecule has 0 amide bonds. The number of halogens is 2. The molecule has 9 heteroatoms. The first kappa shape index (κ1) is 20.7. The first-order valence-electron chi connectivity index (χ1n) is 9.08. The van der Waals surface area contributed by atoms with E-state index in [0.29, 0.717) is 23.7 Å². The molecule has 0 saturated heterocycles. The molecular formula is C20H21F2N5O2. The van der Waals surface area contributed by atoms with Crippen LogP contribution >= 0.6 is 0 Å². The Labute approximate surface area is 166 Å². The molecule has 2 heterocycles. The molecule has 0 saturated carbocycles. The number of alkyl halides is 2. The normalized spacial score (nSPS) is 12.8. The third-order valence-electron chi connectivity index (χ3n) is 4.40. The standard InChI is InChI=1S/C20H21F2N5O2/c1-12-4-5-17(23-10-12)14-7-15(18(29)6-13(2)11-28)9-16(8-14)27-19(20(3,21)22)24-25-26-27/h4-5,7-10,13,28H,6,11H2,1-3H3/t13-/m1/s1. The molecule has 0 aliphatic rings. The minimum absolute atomic E-state index is 0.118. The van der Waals surface area contributed by atoms with Gasteiger partial charge < -0.3 is 5.11 Å². The zero-order valence-corrected chi connectivity index (χ0v) is 16.3. The largest absolute Gasteiger partial charge is 0.396 e. The van der Waals surface area contributed by atoms with Gasteiger partial charge >= 0.3 is 5.92 Å². The molecule has 3 aromatic rings. The third-order valence-corrected chi connectivity index (χ3v) is 4.40. The number of aliphatic hydroxyl groups excluding tert-OH is 1. The van der Waals surface area contributed by atoms with Gasteiger partial charge in [-0.05, 0) is 53.1 Å². The molecule has 0 unspecified atom stereocenters. The lowest BCUT2D eigenvalue weighted by Gasteiger charge is -2.14. The van der Waals surface area contributed by atoms with Crippen LogP contribution in [0.25, 0.3) is 16.9 Å². The molecule has 0 aliphatic heterocycles. The molecule has 0 fully saturated rings. The van der Waals surface area contributed by atoms with Crippen molar-refractivity contribution in [3.63, 3.8) is 0 Å². The Morgan fingerprint density at radius 1 is 1.28 bits per heavy atom. The van der Waals surface area contributed by atoms with Gasteiger partial charge in [-0.2, -0.15) is 13.5 Å². The lowest BCUT2D eigenvalue weighted by Crippen LogP contribution is -2.17. The average molecular weight is 401 g/mol. The molecule has 2 aromatic heterocycles. The van der Waals surface area contributed by atoms with Crippen molar-refractivity contribution in [2.75, 3.05) is 6.61 Å². The highest BCUT2D eigenvalue weighted by Crippen LogP contribution is 2.29. The second-order valence-corrected chi connectivity index (χ2v) is 7.21. The van der Waals surface area contributed by atoms with Crippen molar-refractivity contribution in [1.29, 1.82) is 0 Å². The van der Waals surface area contributed by atoms with E-state index in [9.17, 15) is 18.7 Å². The molecule has 0 spiro atoms. The lowest BCUT2D eigenvalue weighted by atomic mass is 9.97. The number of ketones is 1. The van der Waals surface area contributed by atoms with E-state index in [1.807, 2.05) is 13.0 Å². The van der Waals surface area contributed by atoms with Crippen molar-refractivity contribution in [1.82, 2.24) is 25.2 Å². The number of hydrogen-bond donors (Lipinski definition) is 1. The number of hydrogen-bond acceptors (Lipinski definition) is 6. The fraction of sp³-hybridized carbons (Fsp3) is 0.350. The predicted octanol–water partition coefficient (Wildman–Crippen LogP) is 3.35. The highest BCUT2D eigenvalue weighted by atomic mass is 19.3. The summed E-state index contributed by atoms with van der Waals surface area (Å²) in [5.41, 5.74) is 2.65. The third kappa shape index (κ3) is 4.68. The summed E-state index contributed by atoms with van der Waals surface area (Å²) in [6.07, 6.45) is 1.80. The molecule has 7 nitrogen and oxygen atoms in total. The van der Waals surface area contributed by atoms with Crippen molar-refractivity contribution in [3.05, 3.63) is 53.5 Å². The fourth-order valence-electron chi connectivity index (χ4n) is 2.81. The van der Waals surface area contributed by atoms with E-state index < -0.39 is 11.7 Å². The van der Waals surface area contributed by atoms with Gasteiger partial charge in [-0.25, -0.2) is 0 Å². The van der Waals surface area contributed by atoms with Crippen LogP contribution in [-0.4, -0.2) is 42.7 Å². The maximum absolute atomic E-state index is 13.9. The number of benzene rings is 1. The summed E-state index contributed by atoms with van der Waals surface area (Å²) in [7, 11) is 0. The maximum atomic E-state index is 13.9. The number of aryl methyl sites for hydroxylation is 1. The number of pyridine rings is 1. The fourth-order valence-corrected chi connectivity index (χ4v) is 2.81. The number of Topliss-reactive ketones (excluding diaryl/α,β-unsaturated/α-hetero) is 1. The second kappa shape index (κ2) is 8.12. The Kier molecular flexibility index (Phi) is 5.78. The van der Waals surface area contributed by atoms with E-state index in [1.54, 1.807) is 31.3 Å². The van der Waals surface area contributed by atoms with Crippen LogP contribution in [0.4, 0.5) is 8.78 Å². The van der Waals surface area contributed by atoms with Crippen LogP contribution in [0.2, 0.25) is 0 Å². The summed E-state index contributed by atoms with van der Waals surface area (Å²) in [5.74, 6) is -4.35. The molecule has 3 rings (SSSR count). The summed E-state index contributed by atoms with van der Waals surface area (Å²) in [6, 6.07) is 8.38. The quantitative estimate of drug-likeness (QED) is 0.610. The van der Waals surface area contributed by atoms with Gasteiger partial charge in [0.25, 0.3) is 0 Å².